The summed E-state index contributed by atoms with van der Waals surface area (Å²) in [6.07, 6.45) is 4.97. The van der Waals surface area contributed by atoms with Crippen LogP contribution in [-0.4, -0.2) is 20.3 Å². The van der Waals surface area contributed by atoms with Gasteiger partial charge in [0.2, 0.25) is 11.7 Å². The van der Waals surface area contributed by atoms with Crippen LogP contribution in [0.25, 0.3) is 16.8 Å². The molecule has 0 spiro atoms. The van der Waals surface area contributed by atoms with Crippen molar-refractivity contribution in [2.45, 2.75) is 13.0 Å². The first-order valence-corrected chi connectivity index (χ1v) is 8.06. The molecular formula is C19H15FN4O2. The number of halogens is 1. The van der Waals surface area contributed by atoms with Crippen molar-refractivity contribution in [3.05, 3.63) is 78.6 Å². The van der Waals surface area contributed by atoms with Gasteiger partial charge in [-0.15, -0.1) is 0 Å². The van der Waals surface area contributed by atoms with Gasteiger partial charge in [-0.2, -0.15) is 0 Å². The summed E-state index contributed by atoms with van der Waals surface area (Å²) in [5.41, 5.74) is 1.54. The summed E-state index contributed by atoms with van der Waals surface area (Å²) < 4.78 is 20.4. The van der Waals surface area contributed by atoms with Crippen molar-refractivity contribution in [2.75, 3.05) is 0 Å². The number of carbonyl (C=O) groups is 1. The highest BCUT2D eigenvalue weighted by Gasteiger charge is 2.19. The van der Waals surface area contributed by atoms with E-state index in [1.807, 2.05) is 18.2 Å². The molecule has 6 nitrogen and oxygen atoms in total. The van der Waals surface area contributed by atoms with Gasteiger partial charge < -0.3 is 9.73 Å². The number of carbonyl (C=O) groups excluding carboxylic acids is 1. The molecule has 0 saturated heterocycles. The smallest absolute Gasteiger partial charge is 0.288 e. The molecule has 4 aromatic rings. The molecule has 0 bridgehead atoms. The quantitative estimate of drug-likeness (QED) is 0.610. The number of fused-ring (bicyclic) bond motifs is 1. The molecule has 0 fully saturated rings. The van der Waals surface area contributed by atoms with Crippen LogP contribution in [0, 0.1) is 5.82 Å². The minimum Gasteiger partial charge on any atom is -0.438 e. The molecule has 1 aromatic carbocycles. The molecule has 3 aromatic heterocycles. The van der Waals surface area contributed by atoms with Crippen molar-refractivity contribution < 1.29 is 13.6 Å². The summed E-state index contributed by atoms with van der Waals surface area (Å²) in [4.78, 5) is 20.9. The van der Waals surface area contributed by atoms with Crippen LogP contribution in [0.4, 0.5) is 4.39 Å². The number of oxazole rings is 1. The molecule has 0 aliphatic heterocycles. The predicted octanol–water partition coefficient (Wildman–Crippen LogP) is 3.62. The van der Waals surface area contributed by atoms with Crippen LogP contribution in [0.15, 0.2) is 65.5 Å². The number of nitrogens with one attached hydrogen (secondary N) is 1. The summed E-state index contributed by atoms with van der Waals surface area (Å²) in [5, 5.41) is 2.83. The first-order chi connectivity index (χ1) is 12.6. The van der Waals surface area contributed by atoms with Gasteiger partial charge in [0.25, 0.3) is 5.91 Å². The summed E-state index contributed by atoms with van der Waals surface area (Å²) >= 11 is 0. The molecule has 3 heterocycles. The average molecular weight is 350 g/mol. The summed E-state index contributed by atoms with van der Waals surface area (Å²) in [5.74, 6) is 0.509. The molecule has 130 valence electrons. The summed E-state index contributed by atoms with van der Waals surface area (Å²) in [7, 11) is 0. The summed E-state index contributed by atoms with van der Waals surface area (Å²) in [6.45, 7) is 1.77. The predicted molar refractivity (Wildman–Crippen MR) is 93.0 cm³/mol. The lowest BCUT2D eigenvalue weighted by molar-refractivity contribution is 0.0923. The van der Waals surface area contributed by atoms with E-state index in [-0.39, 0.29) is 17.5 Å². The fraction of sp³-hybridized carbons (Fsp3) is 0.105. The molecular weight excluding hydrogens is 335 g/mol. The lowest BCUT2D eigenvalue weighted by atomic mass is 10.2. The monoisotopic (exact) mass is 350 g/mol. The Balaban J connectivity index is 1.52. The number of benzene rings is 1. The Kier molecular flexibility index (Phi) is 3.96. The summed E-state index contributed by atoms with van der Waals surface area (Å²) in [6, 6.07) is 11.1. The van der Waals surface area contributed by atoms with Gasteiger partial charge in [-0.05, 0) is 43.3 Å². The van der Waals surface area contributed by atoms with Gasteiger partial charge in [0, 0.05) is 11.8 Å². The molecule has 0 radical (unpaired) electrons. The Morgan fingerprint density at radius 2 is 1.96 bits per heavy atom. The third-order valence-electron chi connectivity index (χ3n) is 4.01. The van der Waals surface area contributed by atoms with Crippen LogP contribution >= 0.6 is 0 Å². The second-order valence-corrected chi connectivity index (χ2v) is 5.84. The number of nitrogens with zero attached hydrogens (tertiary/aromatic N) is 3. The van der Waals surface area contributed by atoms with E-state index in [1.165, 1.54) is 12.1 Å². The highest BCUT2D eigenvalue weighted by molar-refractivity contribution is 5.92. The van der Waals surface area contributed by atoms with Gasteiger partial charge in [0.15, 0.2) is 5.76 Å². The van der Waals surface area contributed by atoms with Gasteiger partial charge in [-0.3, -0.25) is 9.20 Å². The lowest BCUT2D eigenvalue weighted by Crippen LogP contribution is -2.28. The lowest BCUT2D eigenvalue weighted by Gasteiger charge is -2.09. The Bertz CT molecular complexity index is 1070. The largest absolute Gasteiger partial charge is 0.438 e. The van der Waals surface area contributed by atoms with E-state index in [9.17, 15) is 9.18 Å². The van der Waals surface area contributed by atoms with E-state index in [1.54, 1.807) is 42.0 Å². The second-order valence-electron chi connectivity index (χ2n) is 5.84. The van der Waals surface area contributed by atoms with Gasteiger partial charge in [-0.1, -0.05) is 6.07 Å². The standard InChI is InChI=1S/C19H15FN4O2/c1-12(19-22-11-16(26-19)13-5-7-14(20)8-6-13)23-18(25)17-21-10-15-4-2-3-9-24(15)17/h2-12H,1H3,(H,23,25). The Morgan fingerprint density at radius 1 is 1.15 bits per heavy atom. The van der Waals surface area contributed by atoms with E-state index in [4.69, 9.17) is 4.42 Å². The number of amides is 1. The van der Waals surface area contributed by atoms with Gasteiger partial charge in [0.1, 0.15) is 11.9 Å². The van der Waals surface area contributed by atoms with Crippen LogP contribution in [0.2, 0.25) is 0 Å². The minimum atomic E-state index is -0.451. The SMILES string of the molecule is CC(NC(=O)c1ncc2ccccn12)c1ncc(-c2ccc(F)cc2)o1. The molecule has 26 heavy (non-hydrogen) atoms. The van der Waals surface area contributed by atoms with E-state index in [0.29, 0.717) is 17.2 Å². The van der Waals surface area contributed by atoms with Crippen molar-refractivity contribution >= 4 is 11.4 Å². The van der Waals surface area contributed by atoms with Crippen LogP contribution < -0.4 is 5.32 Å². The Labute approximate surface area is 148 Å². The topological polar surface area (TPSA) is 72.4 Å². The van der Waals surface area contributed by atoms with E-state index < -0.39 is 6.04 Å². The zero-order chi connectivity index (χ0) is 18.1. The Morgan fingerprint density at radius 3 is 2.77 bits per heavy atom. The van der Waals surface area contributed by atoms with Crippen LogP contribution in [0.1, 0.15) is 29.5 Å². The maximum Gasteiger partial charge on any atom is 0.288 e. The maximum atomic E-state index is 13.0. The molecule has 1 unspecified atom stereocenters. The number of imidazole rings is 1. The van der Waals surface area contributed by atoms with Crippen molar-refractivity contribution in [3.63, 3.8) is 0 Å². The van der Waals surface area contributed by atoms with Crippen molar-refractivity contribution in [3.8, 4) is 11.3 Å². The normalized spacial score (nSPS) is 12.2. The van der Waals surface area contributed by atoms with Crippen LogP contribution in [-0.2, 0) is 0 Å². The van der Waals surface area contributed by atoms with E-state index >= 15 is 0 Å². The highest BCUT2D eigenvalue weighted by atomic mass is 19.1. The highest BCUT2D eigenvalue weighted by Crippen LogP contribution is 2.23. The number of rotatable bonds is 4. The first kappa shape index (κ1) is 16.0. The van der Waals surface area contributed by atoms with E-state index in [2.05, 4.69) is 15.3 Å². The second kappa shape index (κ2) is 6.44. The third kappa shape index (κ3) is 2.95. The minimum absolute atomic E-state index is 0.290. The third-order valence-corrected chi connectivity index (χ3v) is 4.01. The molecule has 1 amide bonds. The molecule has 0 saturated carbocycles. The number of hydrogen-bond acceptors (Lipinski definition) is 4. The van der Waals surface area contributed by atoms with Crippen LogP contribution in [0.5, 0.6) is 0 Å². The maximum absolute atomic E-state index is 13.0. The molecule has 7 heteroatoms. The van der Waals surface area contributed by atoms with Crippen molar-refractivity contribution in [2.24, 2.45) is 0 Å². The number of hydrogen-bond donors (Lipinski definition) is 1. The van der Waals surface area contributed by atoms with Gasteiger partial charge in [-0.25, -0.2) is 14.4 Å². The van der Waals surface area contributed by atoms with Gasteiger partial charge in [0.05, 0.1) is 17.9 Å². The molecule has 1 N–H and O–H groups in total. The van der Waals surface area contributed by atoms with Crippen molar-refractivity contribution in [1.29, 1.82) is 0 Å². The number of pyridine rings is 1. The molecule has 1 atom stereocenters. The van der Waals surface area contributed by atoms with Crippen molar-refractivity contribution in [1.82, 2.24) is 19.7 Å². The average Bonchev–Trinajstić information content (AvgIpc) is 3.30. The van der Waals surface area contributed by atoms with Gasteiger partial charge >= 0.3 is 0 Å². The van der Waals surface area contributed by atoms with Crippen LogP contribution in [0.3, 0.4) is 0 Å². The molecule has 0 aliphatic carbocycles. The zero-order valence-corrected chi connectivity index (χ0v) is 13.9. The Hall–Kier alpha value is -3.48. The first-order valence-electron chi connectivity index (χ1n) is 8.06. The molecule has 4 rings (SSSR count). The molecule has 0 aliphatic rings. The fourth-order valence-corrected chi connectivity index (χ4v) is 2.67. The fourth-order valence-electron chi connectivity index (χ4n) is 2.67. The number of aromatic nitrogens is 3. The van der Waals surface area contributed by atoms with E-state index in [0.717, 1.165) is 5.52 Å². The zero-order valence-electron chi connectivity index (χ0n) is 13.9.